The van der Waals surface area contributed by atoms with E-state index in [2.05, 4.69) is 16.3 Å². The first-order valence-electron chi connectivity index (χ1n) is 5.20. The topological polar surface area (TPSA) is 49.8 Å². The van der Waals surface area contributed by atoms with Crippen molar-refractivity contribution >= 4 is 17.3 Å². The molecule has 1 aliphatic heterocycles. The molecule has 1 aliphatic rings. The van der Waals surface area contributed by atoms with E-state index in [9.17, 15) is 4.79 Å². The molecule has 1 aromatic rings. The van der Waals surface area contributed by atoms with Gasteiger partial charge in [-0.2, -0.15) is 11.3 Å². The van der Waals surface area contributed by atoms with E-state index < -0.39 is 11.9 Å². The lowest BCUT2D eigenvalue weighted by Crippen LogP contribution is -2.40. The molecule has 88 valence electrons. The van der Waals surface area contributed by atoms with Gasteiger partial charge >= 0.3 is 5.97 Å². The van der Waals surface area contributed by atoms with E-state index in [0.29, 0.717) is 13.2 Å². The minimum absolute atomic E-state index is 0.0163. The molecule has 0 saturated carbocycles. The lowest BCUT2D eigenvalue weighted by molar-refractivity contribution is -0.143. The van der Waals surface area contributed by atoms with Gasteiger partial charge in [0.2, 0.25) is 0 Å². The summed E-state index contributed by atoms with van der Waals surface area (Å²) in [5.41, 5.74) is 1.23. The molecule has 16 heavy (non-hydrogen) atoms. The summed E-state index contributed by atoms with van der Waals surface area (Å²) in [5.74, 6) is -1.16. The molecule has 2 atom stereocenters. The molecule has 0 spiro atoms. The van der Waals surface area contributed by atoms with Crippen molar-refractivity contribution in [1.82, 2.24) is 4.90 Å². The second-order valence-electron chi connectivity index (χ2n) is 4.10. The third kappa shape index (κ3) is 2.42. The monoisotopic (exact) mass is 241 g/mol. The Kier molecular flexibility index (Phi) is 3.58. The van der Waals surface area contributed by atoms with Gasteiger partial charge < -0.3 is 9.84 Å². The van der Waals surface area contributed by atoms with Gasteiger partial charge in [-0.1, -0.05) is 0 Å². The molecule has 0 aromatic carbocycles. The van der Waals surface area contributed by atoms with Gasteiger partial charge in [0.05, 0.1) is 19.1 Å². The summed E-state index contributed by atoms with van der Waals surface area (Å²) < 4.78 is 5.25. The number of nitrogens with zero attached hydrogens (tertiary/aromatic N) is 1. The van der Waals surface area contributed by atoms with Crippen molar-refractivity contribution in [3.8, 4) is 0 Å². The van der Waals surface area contributed by atoms with Gasteiger partial charge in [0, 0.05) is 12.6 Å². The van der Waals surface area contributed by atoms with Crippen LogP contribution in [0.4, 0.5) is 0 Å². The Hall–Kier alpha value is -0.910. The van der Waals surface area contributed by atoms with Crippen LogP contribution in [0.5, 0.6) is 0 Å². The SMILES string of the molecule is CN(Cc1ccsc1)C1COCC1C(=O)O. The highest BCUT2D eigenvalue weighted by Crippen LogP contribution is 2.21. The Bertz CT molecular complexity index is 352. The molecule has 1 aromatic heterocycles. The number of aliphatic carboxylic acids is 1. The normalized spacial score (nSPS) is 25.1. The molecule has 2 heterocycles. The van der Waals surface area contributed by atoms with Gasteiger partial charge in [0.25, 0.3) is 0 Å². The molecule has 0 bridgehead atoms. The lowest BCUT2D eigenvalue weighted by atomic mass is 10.0. The molecule has 1 N–H and O–H groups in total. The fourth-order valence-electron chi connectivity index (χ4n) is 2.00. The number of thiophene rings is 1. The average molecular weight is 241 g/mol. The standard InChI is InChI=1S/C11H15NO3S/c1-12(4-8-2-3-16-7-8)10-6-15-5-9(10)11(13)14/h2-3,7,9-10H,4-6H2,1H3,(H,13,14). The van der Waals surface area contributed by atoms with Gasteiger partial charge in [0.15, 0.2) is 0 Å². The molecular formula is C11H15NO3S. The Labute approximate surface area is 98.4 Å². The van der Waals surface area contributed by atoms with Crippen molar-refractivity contribution in [2.24, 2.45) is 5.92 Å². The largest absolute Gasteiger partial charge is 0.481 e. The van der Waals surface area contributed by atoms with E-state index in [1.165, 1.54) is 5.56 Å². The van der Waals surface area contributed by atoms with E-state index in [1.54, 1.807) is 11.3 Å². The second-order valence-corrected chi connectivity index (χ2v) is 4.88. The summed E-state index contributed by atoms with van der Waals surface area (Å²) in [6.07, 6.45) is 0. The third-order valence-corrected chi connectivity index (χ3v) is 3.68. The molecule has 0 radical (unpaired) electrons. The Balaban J connectivity index is 1.98. The fraction of sp³-hybridized carbons (Fsp3) is 0.545. The van der Waals surface area contributed by atoms with Gasteiger partial charge in [-0.25, -0.2) is 0 Å². The lowest BCUT2D eigenvalue weighted by Gasteiger charge is -2.25. The third-order valence-electron chi connectivity index (χ3n) is 2.95. The van der Waals surface area contributed by atoms with Crippen LogP contribution in [0.3, 0.4) is 0 Å². The number of likely N-dealkylation sites (N-methyl/N-ethyl adjacent to an activating group) is 1. The van der Waals surface area contributed by atoms with Crippen molar-refractivity contribution in [3.63, 3.8) is 0 Å². The molecule has 5 heteroatoms. The van der Waals surface area contributed by atoms with Crippen LogP contribution in [0, 0.1) is 5.92 Å². The van der Waals surface area contributed by atoms with Crippen LogP contribution < -0.4 is 0 Å². The number of ether oxygens (including phenoxy) is 1. The number of rotatable bonds is 4. The molecule has 1 fully saturated rings. The van der Waals surface area contributed by atoms with E-state index in [-0.39, 0.29) is 6.04 Å². The van der Waals surface area contributed by atoms with Crippen LogP contribution in [0.1, 0.15) is 5.56 Å². The van der Waals surface area contributed by atoms with Crippen LogP contribution in [0.25, 0.3) is 0 Å². The predicted molar refractivity (Wildman–Crippen MR) is 61.5 cm³/mol. The smallest absolute Gasteiger partial charge is 0.310 e. The van der Waals surface area contributed by atoms with E-state index >= 15 is 0 Å². The molecule has 1 saturated heterocycles. The van der Waals surface area contributed by atoms with Crippen molar-refractivity contribution in [3.05, 3.63) is 22.4 Å². The summed E-state index contributed by atoms with van der Waals surface area (Å²) >= 11 is 1.66. The van der Waals surface area contributed by atoms with Crippen molar-refractivity contribution in [1.29, 1.82) is 0 Å². The second kappa shape index (κ2) is 4.95. The summed E-state index contributed by atoms with van der Waals surface area (Å²) in [7, 11) is 1.95. The highest BCUT2D eigenvalue weighted by molar-refractivity contribution is 7.07. The summed E-state index contributed by atoms with van der Waals surface area (Å²) in [6.45, 7) is 1.62. The van der Waals surface area contributed by atoms with Gasteiger partial charge in [-0.05, 0) is 29.4 Å². The number of hydrogen-bond acceptors (Lipinski definition) is 4. The number of carbonyl (C=O) groups is 1. The summed E-state index contributed by atoms with van der Waals surface area (Å²) in [6, 6.07) is 2.05. The quantitative estimate of drug-likeness (QED) is 0.862. The van der Waals surface area contributed by atoms with Gasteiger partial charge in [0.1, 0.15) is 0 Å². The van der Waals surface area contributed by atoms with Crippen LogP contribution in [0.15, 0.2) is 16.8 Å². The Morgan fingerprint density at radius 2 is 2.50 bits per heavy atom. The molecule has 2 rings (SSSR count). The van der Waals surface area contributed by atoms with Crippen LogP contribution >= 0.6 is 11.3 Å². The molecule has 2 unspecified atom stereocenters. The summed E-state index contributed by atoms with van der Waals surface area (Å²) in [4.78, 5) is 13.1. The van der Waals surface area contributed by atoms with E-state index in [1.807, 2.05) is 12.4 Å². The van der Waals surface area contributed by atoms with Crippen LogP contribution in [0.2, 0.25) is 0 Å². The highest BCUT2D eigenvalue weighted by Gasteiger charge is 2.36. The number of carboxylic acid groups (broad SMARTS) is 1. The fourth-order valence-corrected chi connectivity index (χ4v) is 2.66. The first-order chi connectivity index (χ1) is 7.68. The highest BCUT2D eigenvalue weighted by atomic mass is 32.1. The van der Waals surface area contributed by atoms with Gasteiger partial charge in [-0.15, -0.1) is 0 Å². The maximum absolute atomic E-state index is 11.0. The number of carboxylic acids is 1. The maximum Gasteiger partial charge on any atom is 0.310 e. The minimum Gasteiger partial charge on any atom is -0.481 e. The van der Waals surface area contributed by atoms with Crippen molar-refractivity contribution in [2.45, 2.75) is 12.6 Å². The Morgan fingerprint density at radius 1 is 1.69 bits per heavy atom. The molecule has 4 nitrogen and oxygen atoms in total. The zero-order valence-corrected chi connectivity index (χ0v) is 9.94. The van der Waals surface area contributed by atoms with Crippen molar-refractivity contribution < 1.29 is 14.6 Å². The Morgan fingerprint density at radius 3 is 3.12 bits per heavy atom. The van der Waals surface area contributed by atoms with E-state index in [4.69, 9.17) is 9.84 Å². The van der Waals surface area contributed by atoms with Crippen LogP contribution in [-0.2, 0) is 16.1 Å². The zero-order chi connectivity index (χ0) is 11.5. The zero-order valence-electron chi connectivity index (χ0n) is 9.13. The first-order valence-corrected chi connectivity index (χ1v) is 6.14. The van der Waals surface area contributed by atoms with Gasteiger partial charge in [-0.3, -0.25) is 9.69 Å². The van der Waals surface area contributed by atoms with Crippen molar-refractivity contribution in [2.75, 3.05) is 20.3 Å². The summed E-state index contributed by atoms with van der Waals surface area (Å²) in [5, 5.41) is 13.2. The molecule has 0 aliphatic carbocycles. The van der Waals surface area contributed by atoms with Crippen LogP contribution in [-0.4, -0.2) is 42.3 Å². The predicted octanol–water partition coefficient (Wildman–Crippen LogP) is 1.28. The first kappa shape index (κ1) is 11.6. The molecular weight excluding hydrogens is 226 g/mol. The average Bonchev–Trinajstić information content (AvgIpc) is 2.86. The number of hydrogen-bond donors (Lipinski definition) is 1. The van der Waals surface area contributed by atoms with E-state index in [0.717, 1.165) is 6.54 Å². The minimum atomic E-state index is -0.764. The maximum atomic E-state index is 11.0. The molecule has 0 amide bonds.